The molecule has 2 aromatic carbocycles. The third-order valence-electron chi connectivity index (χ3n) is 5.70. The molecule has 5 aromatic rings. The van der Waals surface area contributed by atoms with Crippen LogP contribution in [-0.2, 0) is 12.0 Å². The second kappa shape index (κ2) is 10.8. The molecular formula is C28H30FN7O2. The number of hydrogen-bond acceptors (Lipinski definition) is 7. The zero-order valence-corrected chi connectivity index (χ0v) is 22.0. The first kappa shape index (κ1) is 26.5. The fraction of sp³-hybridized carbons (Fsp3) is 0.250. The van der Waals surface area contributed by atoms with Crippen molar-refractivity contribution >= 4 is 22.8 Å². The summed E-state index contributed by atoms with van der Waals surface area (Å²) in [6.45, 7) is 9.70. The number of aromatic amines is 1. The topological polar surface area (TPSA) is 136 Å². The molecule has 0 saturated heterocycles. The van der Waals surface area contributed by atoms with Crippen LogP contribution < -0.4 is 11.1 Å². The molecule has 10 heteroatoms. The summed E-state index contributed by atoms with van der Waals surface area (Å²) < 4.78 is 20.1. The highest BCUT2D eigenvalue weighted by Crippen LogP contribution is 2.31. The minimum absolute atomic E-state index is 0.0363. The Labute approximate surface area is 219 Å². The molecule has 0 spiro atoms. The first-order valence-electron chi connectivity index (χ1n) is 12.3. The number of aromatic nitrogens is 5. The Morgan fingerprint density at radius 3 is 2.53 bits per heavy atom. The Kier molecular flexibility index (Phi) is 7.52. The molecule has 0 unspecified atom stereocenters. The standard InChI is InChI=1S/C26H24FN7O2.C2H6/c1-26(2,3)25-33-24(36-34-25)23(35)30-13-15-9-8-14(12-18(15)27)16-10-11-29-22-20(16)31-21(32-22)17-6-4-5-7-19(17)28;1-2/h4-12H,13,28H2,1-3H3,(H,30,35)(H,29,31,32);1-2H3. The number of H-pyrrole nitrogens is 1. The van der Waals surface area contributed by atoms with Crippen molar-refractivity contribution in [2.24, 2.45) is 0 Å². The summed E-state index contributed by atoms with van der Waals surface area (Å²) in [5.41, 5.74) is 9.94. The minimum Gasteiger partial charge on any atom is -0.398 e. The van der Waals surface area contributed by atoms with Crippen molar-refractivity contribution in [3.05, 3.63) is 77.8 Å². The van der Waals surface area contributed by atoms with Crippen molar-refractivity contribution in [1.82, 2.24) is 30.4 Å². The van der Waals surface area contributed by atoms with Crippen LogP contribution in [0.2, 0.25) is 0 Å². The van der Waals surface area contributed by atoms with E-state index in [0.29, 0.717) is 39.6 Å². The van der Waals surface area contributed by atoms with Gasteiger partial charge in [-0.1, -0.05) is 64.0 Å². The maximum absolute atomic E-state index is 15.0. The Morgan fingerprint density at radius 1 is 1.08 bits per heavy atom. The maximum Gasteiger partial charge on any atom is 0.315 e. The summed E-state index contributed by atoms with van der Waals surface area (Å²) in [6, 6.07) is 14.0. The van der Waals surface area contributed by atoms with Crippen molar-refractivity contribution in [1.29, 1.82) is 0 Å². The highest BCUT2D eigenvalue weighted by atomic mass is 19.1. The number of imidazole rings is 1. The van der Waals surface area contributed by atoms with E-state index in [9.17, 15) is 4.79 Å². The van der Waals surface area contributed by atoms with E-state index < -0.39 is 11.7 Å². The monoisotopic (exact) mass is 515 g/mol. The highest BCUT2D eigenvalue weighted by molar-refractivity contribution is 5.92. The van der Waals surface area contributed by atoms with Gasteiger partial charge < -0.3 is 20.6 Å². The van der Waals surface area contributed by atoms with Crippen molar-refractivity contribution < 1.29 is 13.7 Å². The predicted octanol–water partition coefficient (Wildman–Crippen LogP) is 5.65. The number of carbonyl (C=O) groups is 1. The lowest BCUT2D eigenvalue weighted by Crippen LogP contribution is -2.24. The largest absolute Gasteiger partial charge is 0.398 e. The van der Waals surface area contributed by atoms with E-state index in [1.54, 1.807) is 30.5 Å². The van der Waals surface area contributed by atoms with E-state index >= 15 is 4.39 Å². The summed E-state index contributed by atoms with van der Waals surface area (Å²) in [4.78, 5) is 28.7. The number of benzene rings is 2. The van der Waals surface area contributed by atoms with Crippen LogP contribution in [-0.4, -0.2) is 31.0 Å². The number of fused-ring (bicyclic) bond motifs is 1. The average molecular weight is 516 g/mol. The molecular weight excluding hydrogens is 485 g/mol. The van der Waals surface area contributed by atoms with Gasteiger partial charge in [-0.25, -0.2) is 14.4 Å². The zero-order valence-electron chi connectivity index (χ0n) is 22.0. The van der Waals surface area contributed by atoms with Gasteiger partial charge in [0, 0.05) is 40.5 Å². The SMILES string of the molecule is CC.CC(C)(C)c1noc(C(=O)NCc2ccc(-c3ccnc4nc(-c5ccccc5N)[nH]c34)cc2F)n1. The number of pyridine rings is 1. The molecule has 5 rings (SSSR count). The van der Waals surface area contributed by atoms with Crippen LogP contribution >= 0.6 is 0 Å². The summed E-state index contributed by atoms with van der Waals surface area (Å²) in [6.07, 6.45) is 1.62. The van der Waals surface area contributed by atoms with Crippen LogP contribution in [0.4, 0.5) is 10.1 Å². The van der Waals surface area contributed by atoms with Crippen molar-refractivity contribution in [2.75, 3.05) is 5.73 Å². The molecule has 3 heterocycles. The summed E-state index contributed by atoms with van der Waals surface area (Å²) in [7, 11) is 0. The molecule has 0 aliphatic heterocycles. The van der Waals surface area contributed by atoms with Gasteiger partial charge in [-0.3, -0.25) is 4.79 Å². The number of amides is 1. The van der Waals surface area contributed by atoms with Crippen LogP contribution in [0.25, 0.3) is 33.7 Å². The van der Waals surface area contributed by atoms with E-state index in [4.69, 9.17) is 10.3 Å². The molecule has 0 radical (unpaired) electrons. The Morgan fingerprint density at radius 2 is 1.84 bits per heavy atom. The average Bonchev–Trinajstić information content (AvgIpc) is 3.57. The first-order chi connectivity index (χ1) is 18.2. The van der Waals surface area contributed by atoms with E-state index in [1.165, 1.54) is 6.07 Å². The molecule has 38 heavy (non-hydrogen) atoms. The summed E-state index contributed by atoms with van der Waals surface area (Å²) in [5.74, 6) is -0.194. The molecule has 0 bridgehead atoms. The Bertz CT molecular complexity index is 1580. The number of hydrogen-bond donors (Lipinski definition) is 3. The molecule has 9 nitrogen and oxygen atoms in total. The number of rotatable bonds is 5. The fourth-order valence-electron chi connectivity index (χ4n) is 3.72. The van der Waals surface area contributed by atoms with Gasteiger partial charge in [-0.15, -0.1) is 0 Å². The third-order valence-corrected chi connectivity index (χ3v) is 5.70. The van der Waals surface area contributed by atoms with Gasteiger partial charge in [0.05, 0.1) is 5.52 Å². The van der Waals surface area contributed by atoms with Crippen LogP contribution in [0, 0.1) is 5.82 Å². The van der Waals surface area contributed by atoms with Crippen molar-refractivity contribution in [3.8, 4) is 22.5 Å². The van der Waals surface area contributed by atoms with Gasteiger partial charge in [0.25, 0.3) is 0 Å². The van der Waals surface area contributed by atoms with E-state index in [-0.39, 0.29) is 17.9 Å². The maximum atomic E-state index is 15.0. The van der Waals surface area contributed by atoms with Gasteiger partial charge in [0.2, 0.25) is 0 Å². The summed E-state index contributed by atoms with van der Waals surface area (Å²) in [5, 5.41) is 6.46. The normalized spacial score (nSPS) is 11.2. The first-order valence-corrected chi connectivity index (χ1v) is 12.3. The zero-order chi connectivity index (χ0) is 27.4. The highest BCUT2D eigenvalue weighted by Gasteiger charge is 2.24. The number of anilines is 1. The quantitative estimate of drug-likeness (QED) is 0.257. The van der Waals surface area contributed by atoms with Gasteiger partial charge >= 0.3 is 11.8 Å². The Balaban J connectivity index is 0.00000164. The summed E-state index contributed by atoms with van der Waals surface area (Å²) >= 11 is 0. The second-order valence-electron chi connectivity index (χ2n) is 9.39. The van der Waals surface area contributed by atoms with Crippen LogP contribution in [0.3, 0.4) is 0 Å². The van der Waals surface area contributed by atoms with Crippen LogP contribution in [0.5, 0.6) is 0 Å². The number of para-hydroxylation sites is 1. The second-order valence-corrected chi connectivity index (χ2v) is 9.39. The van der Waals surface area contributed by atoms with Gasteiger partial charge in [0.15, 0.2) is 11.5 Å². The number of carbonyl (C=O) groups excluding carboxylic acids is 1. The fourth-order valence-corrected chi connectivity index (χ4v) is 3.72. The lowest BCUT2D eigenvalue weighted by molar-refractivity contribution is 0.0906. The molecule has 196 valence electrons. The molecule has 0 saturated carbocycles. The van der Waals surface area contributed by atoms with Crippen LogP contribution in [0.15, 0.2) is 59.3 Å². The molecule has 0 aliphatic rings. The van der Waals surface area contributed by atoms with E-state index in [2.05, 4.69) is 30.4 Å². The number of nitrogens with two attached hydrogens (primary N) is 1. The third kappa shape index (κ3) is 5.39. The molecule has 0 aliphatic carbocycles. The lowest BCUT2D eigenvalue weighted by Gasteiger charge is -2.10. The van der Waals surface area contributed by atoms with E-state index in [1.807, 2.05) is 52.8 Å². The lowest BCUT2D eigenvalue weighted by atomic mass is 9.96. The van der Waals surface area contributed by atoms with Crippen LogP contribution in [0.1, 0.15) is 56.7 Å². The number of nitrogens with zero attached hydrogens (tertiary/aromatic N) is 4. The van der Waals surface area contributed by atoms with Gasteiger partial charge in [-0.05, 0) is 29.8 Å². The van der Waals surface area contributed by atoms with Crippen molar-refractivity contribution in [3.63, 3.8) is 0 Å². The number of halogens is 1. The van der Waals surface area contributed by atoms with Gasteiger partial charge in [0.1, 0.15) is 11.6 Å². The minimum atomic E-state index is -0.567. The number of nitrogens with one attached hydrogen (secondary N) is 2. The smallest absolute Gasteiger partial charge is 0.315 e. The molecule has 0 fully saturated rings. The molecule has 1 amide bonds. The van der Waals surface area contributed by atoms with Gasteiger partial charge in [-0.2, -0.15) is 4.98 Å². The molecule has 3 aromatic heterocycles. The molecule has 0 atom stereocenters. The van der Waals surface area contributed by atoms with E-state index in [0.717, 1.165) is 11.1 Å². The predicted molar refractivity (Wildman–Crippen MR) is 145 cm³/mol. The molecule has 4 N–H and O–H groups in total. The Hall–Kier alpha value is -4.60. The number of nitrogen functional groups attached to an aromatic ring is 1. The van der Waals surface area contributed by atoms with Crippen molar-refractivity contribution in [2.45, 2.75) is 46.6 Å².